The van der Waals surface area contributed by atoms with E-state index in [-0.39, 0.29) is 41.2 Å². The fourth-order valence-corrected chi connectivity index (χ4v) is 4.18. The van der Waals surface area contributed by atoms with Gasteiger partial charge >= 0.3 is 0 Å². The molecule has 1 fully saturated rings. The zero-order valence-corrected chi connectivity index (χ0v) is 18.9. The minimum Gasteiger partial charge on any atom is -0.357 e. The third-order valence-corrected chi connectivity index (χ3v) is 6.06. The molecular formula is C18H30FIN4O2S. The Bertz CT molecular complexity index is 694. The van der Waals surface area contributed by atoms with E-state index in [0.29, 0.717) is 19.0 Å². The summed E-state index contributed by atoms with van der Waals surface area (Å²) >= 11 is 0. The van der Waals surface area contributed by atoms with E-state index in [4.69, 9.17) is 0 Å². The van der Waals surface area contributed by atoms with E-state index in [1.807, 2.05) is 6.92 Å². The highest BCUT2D eigenvalue weighted by Gasteiger charge is 2.18. The van der Waals surface area contributed by atoms with Crippen LogP contribution in [0.4, 0.5) is 4.39 Å². The fourth-order valence-electron chi connectivity index (χ4n) is 2.94. The van der Waals surface area contributed by atoms with E-state index < -0.39 is 15.7 Å². The van der Waals surface area contributed by atoms with Gasteiger partial charge in [-0.1, -0.05) is 18.6 Å². The molecule has 0 bridgehead atoms. The maximum absolute atomic E-state index is 13.7. The minimum absolute atomic E-state index is 0. The van der Waals surface area contributed by atoms with Gasteiger partial charge in [-0.2, -0.15) is 0 Å². The number of nitrogens with zero attached hydrogens (tertiary/aromatic N) is 2. The number of nitrogens with one attached hydrogen (secondary N) is 2. The maximum Gasteiger partial charge on any atom is 0.191 e. The molecule has 1 saturated heterocycles. The number of likely N-dealkylation sites (tertiary alicyclic amines) is 1. The van der Waals surface area contributed by atoms with Crippen molar-refractivity contribution in [2.75, 3.05) is 45.0 Å². The van der Waals surface area contributed by atoms with Gasteiger partial charge in [0.15, 0.2) is 15.8 Å². The predicted octanol–water partition coefficient (Wildman–Crippen LogP) is 2.26. The molecule has 1 heterocycles. The zero-order chi connectivity index (χ0) is 18.8. The molecule has 9 heteroatoms. The Balaban J connectivity index is 0.00000364. The highest BCUT2D eigenvalue weighted by Crippen LogP contribution is 2.14. The molecule has 0 atom stereocenters. The summed E-state index contributed by atoms with van der Waals surface area (Å²) in [6.07, 6.45) is 3.80. The second-order valence-electron chi connectivity index (χ2n) is 6.34. The van der Waals surface area contributed by atoms with Crippen LogP contribution in [-0.4, -0.2) is 64.3 Å². The van der Waals surface area contributed by atoms with E-state index in [1.165, 1.54) is 37.5 Å². The van der Waals surface area contributed by atoms with Crippen LogP contribution in [0.2, 0.25) is 0 Å². The summed E-state index contributed by atoms with van der Waals surface area (Å²) in [5.41, 5.74) is 0. The van der Waals surface area contributed by atoms with Gasteiger partial charge in [0.25, 0.3) is 0 Å². The molecule has 1 aromatic carbocycles. The molecule has 0 amide bonds. The van der Waals surface area contributed by atoms with Crippen LogP contribution in [0.1, 0.15) is 26.2 Å². The molecule has 1 aromatic rings. The first kappa shape index (κ1) is 24.1. The highest BCUT2D eigenvalue weighted by atomic mass is 127. The zero-order valence-electron chi connectivity index (χ0n) is 15.8. The van der Waals surface area contributed by atoms with Crippen LogP contribution in [0.3, 0.4) is 0 Å². The number of guanidine groups is 1. The SMILES string of the molecule is CCNC(=NCCN1CCCCC1)NCCS(=O)(=O)c1ccccc1F.I. The molecule has 1 aliphatic rings. The minimum atomic E-state index is -3.67. The van der Waals surface area contributed by atoms with Gasteiger partial charge in [-0.15, -0.1) is 24.0 Å². The van der Waals surface area contributed by atoms with Crippen molar-refractivity contribution in [3.05, 3.63) is 30.1 Å². The maximum atomic E-state index is 13.7. The number of sulfone groups is 1. The van der Waals surface area contributed by atoms with Crippen LogP contribution >= 0.6 is 24.0 Å². The van der Waals surface area contributed by atoms with Gasteiger partial charge in [-0.3, -0.25) is 4.99 Å². The lowest BCUT2D eigenvalue weighted by atomic mass is 10.1. The molecule has 1 aliphatic heterocycles. The van der Waals surface area contributed by atoms with Gasteiger partial charge in [-0.05, 0) is 45.0 Å². The topological polar surface area (TPSA) is 73.8 Å². The molecular weight excluding hydrogens is 482 g/mol. The lowest BCUT2D eigenvalue weighted by molar-refractivity contribution is 0.235. The van der Waals surface area contributed by atoms with Gasteiger partial charge in [0.1, 0.15) is 10.7 Å². The molecule has 0 radical (unpaired) electrons. The van der Waals surface area contributed by atoms with Crippen LogP contribution < -0.4 is 10.6 Å². The number of rotatable bonds is 8. The van der Waals surface area contributed by atoms with Crippen LogP contribution in [0.15, 0.2) is 34.2 Å². The van der Waals surface area contributed by atoms with Crippen molar-refractivity contribution >= 4 is 39.8 Å². The van der Waals surface area contributed by atoms with Crippen LogP contribution in [0, 0.1) is 5.82 Å². The Labute approximate surface area is 178 Å². The molecule has 0 aromatic heterocycles. The fraction of sp³-hybridized carbons (Fsp3) is 0.611. The summed E-state index contributed by atoms with van der Waals surface area (Å²) in [7, 11) is -3.67. The smallest absolute Gasteiger partial charge is 0.191 e. The van der Waals surface area contributed by atoms with Crippen molar-refractivity contribution in [3.8, 4) is 0 Å². The van der Waals surface area contributed by atoms with Crippen molar-refractivity contribution in [2.24, 2.45) is 4.99 Å². The summed E-state index contributed by atoms with van der Waals surface area (Å²) < 4.78 is 38.2. The first-order valence-electron chi connectivity index (χ1n) is 9.25. The summed E-state index contributed by atoms with van der Waals surface area (Å²) in [5.74, 6) is -0.312. The van der Waals surface area contributed by atoms with Crippen molar-refractivity contribution in [1.29, 1.82) is 0 Å². The highest BCUT2D eigenvalue weighted by molar-refractivity contribution is 14.0. The number of hydrogen-bond acceptors (Lipinski definition) is 4. The number of aliphatic imine (C=N–C) groups is 1. The lowest BCUT2D eigenvalue weighted by Crippen LogP contribution is -2.40. The Hall–Kier alpha value is -0.940. The van der Waals surface area contributed by atoms with Gasteiger partial charge in [0.05, 0.1) is 12.3 Å². The summed E-state index contributed by atoms with van der Waals surface area (Å²) in [4.78, 5) is 6.65. The standard InChI is InChI=1S/C18H29FN4O2S.HI/c1-2-20-18(21-10-14-23-12-6-3-7-13-23)22-11-15-26(24,25)17-9-5-4-8-16(17)19;/h4-5,8-9H,2-3,6-7,10-15H2,1H3,(H2,20,21,22);1H. The van der Waals surface area contributed by atoms with E-state index >= 15 is 0 Å². The van der Waals surface area contributed by atoms with Crippen molar-refractivity contribution < 1.29 is 12.8 Å². The van der Waals surface area contributed by atoms with Crippen LogP contribution in [0.5, 0.6) is 0 Å². The molecule has 154 valence electrons. The lowest BCUT2D eigenvalue weighted by Gasteiger charge is -2.25. The van der Waals surface area contributed by atoms with E-state index in [9.17, 15) is 12.8 Å². The van der Waals surface area contributed by atoms with Crippen LogP contribution in [-0.2, 0) is 9.84 Å². The molecule has 2 N–H and O–H groups in total. The normalized spacial score (nSPS) is 15.9. The van der Waals surface area contributed by atoms with E-state index in [2.05, 4.69) is 20.5 Å². The van der Waals surface area contributed by atoms with Gasteiger partial charge < -0.3 is 15.5 Å². The molecule has 2 rings (SSSR count). The summed E-state index contributed by atoms with van der Waals surface area (Å²) in [6, 6.07) is 5.45. The monoisotopic (exact) mass is 512 g/mol. The van der Waals surface area contributed by atoms with Gasteiger partial charge in [0.2, 0.25) is 0 Å². The van der Waals surface area contributed by atoms with Gasteiger partial charge in [-0.25, -0.2) is 12.8 Å². The quantitative estimate of drug-likeness (QED) is 0.318. The second kappa shape index (κ2) is 12.5. The first-order chi connectivity index (χ1) is 12.5. The Morgan fingerprint density at radius 2 is 1.89 bits per heavy atom. The molecule has 6 nitrogen and oxygen atoms in total. The summed E-state index contributed by atoms with van der Waals surface area (Å²) in [5, 5.41) is 6.13. The van der Waals surface area contributed by atoms with Gasteiger partial charge in [0, 0.05) is 19.6 Å². The molecule has 0 saturated carbocycles. The molecule has 0 unspecified atom stereocenters. The summed E-state index contributed by atoms with van der Waals surface area (Å²) in [6.45, 7) is 6.64. The van der Waals surface area contributed by atoms with Crippen molar-refractivity contribution in [2.45, 2.75) is 31.1 Å². The predicted molar refractivity (Wildman–Crippen MR) is 118 cm³/mol. The van der Waals surface area contributed by atoms with Crippen LogP contribution in [0.25, 0.3) is 0 Å². The number of hydrogen-bond donors (Lipinski definition) is 2. The van der Waals surface area contributed by atoms with E-state index in [1.54, 1.807) is 0 Å². The first-order valence-corrected chi connectivity index (χ1v) is 10.9. The van der Waals surface area contributed by atoms with E-state index in [0.717, 1.165) is 25.7 Å². The second-order valence-corrected chi connectivity index (χ2v) is 8.42. The van der Waals surface area contributed by atoms with Crippen molar-refractivity contribution in [1.82, 2.24) is 15.5 Å². The number of piperidine rings is 1. The van der Waals surface area contributed by atoms with Crippen molar-refractivity contribution in [3.63, 3.8) is 0 Å². The molecule has 0 aliphatic carbocycles. The Morgan fingerprint density at radius 1 is 1.19 bits per heavy atom. The molecule has 27 heavy (non-hydrogen) atoms. The Kier molecular flexibility index (Phi) is 11.2. The average Bonchev–Trinajstić information content (AvgIpc) is 2.63. The molecule has 0 spiro atoms. The Morgan fingerprint density at radius 3 is 2.56 bits per heavy atom. The third-order valence-electron chi connectivity index (χ3n) is 4.31. The number of benzene rings is 1. The third kappa shape index (κ3) is 8.30. The number of halogens is 2. The largest absolute Gasteiger partial charge is 0.357 e. The average molecular weight is 512 g/mol.